The molecule has 0 amide bonds. The van der Waals surface area contributed by atoms with Gasteiger partial charge in [-0.2, -0.15) is 26.3 Å². The number of halogens is 6. The van der Waals surface area contributed by atoms with Crippen molar-refractivity contribution in [3.8, 4) is 0 Å². The van der Waals surface area contributed by atoms with Crippen LogP contribution >= 0.6 is 7.60 Å². The Balaban J connectivity index is 4.93. The zero-order valence-corrected chi connectivity index (χ0v) is 17.1. The first kappa shape index (κ1) is 26.7. The molecule has 0 spiro atoms. The lowest BCUT2D eigenvalue weighted by Gasteiger charge is -2.28. The number of hydrogen-bond donors (Lipinski definition) is 0. The van der Waals surface area contributed by atoms with Crippen molar-refractivity contribution in [3.63, 3.8) is 0 Å². The Kier molecular flexibility index (Phi) is 12.2. The molecule has 0 aliphatic heterocycles. The van der Waals surface area contributed by atoms with Crippen LogP contribution in [0.15, 0.2) is 0 Å². The van der Waals surface area contributed by atoms with Crippen LogP contribution in [0.3, 0.4) is 0 Å². The number of alkyl halides is 6. The summed E-state index contributed by atoms with van der Waals surface area (Å²) < 4.78 is 99.9. The van der Waals surface area contributed by atoms with Crippen molar-refractivity contribution in [1.29, 1.82) is 0 Å². The van der Waals surface area contributed by atoms with Gasteiger partial charge >= 0.3 is 19.9 Å². The van der Waals surface area contributed by atoms with E-state index in [-0.39, 0.29) is 12.8 Å². The topological polar surface area (TPSA) is 35.5 Å². The fourth-order valence-electron chi connectivity index (χ4n) is 2.55. The van der Waals surface area contributed by atoms with E-state index in [0.29, 0.717) is 19.5 Å². The number of unbranched alkanes of at least 4 members (excludes halogenated alkanes) is 6. The minimum Gasteiger partial charge on any atom is -0.296 e. The molecular formula is C17H31F6O3P. The van der Waals surface area contributed by atoms with E-state index in [1.807, 2.05) is 13.8 Å². The van der Waals surface area contributed by atoms with Gasteiger partial charge in [-0.25, -0.2) is 0 Å². The Morgan fingerprint density at radius 2 is 1.04 bits per heavy atom. The smallest absolute Gasteiger partial charge is 0.296 e. The van der Waals surface area contributed by atoms with Gasteiger partial charge in [0.15, 0.2) is 12.2 Å². The van der Waals surface area contributed by atoms with Crippen molar-refractivity contribution in [3.05, 3.63) is 0 Å². The maximum atomic E-state index is 13.1. The van der Waals surface area contributed by atoms with Gasteiger partial charge in [-0.3, -0.25) is 13.6 Å². The van der Waals surface area contributed by atoms with E-state index in [4.69, 9.17) is 0 Å². The van der Waals surface area contributed by atoms with Crippen molar-refractivity contribution >= 4 is 7.60 Å². The normalized spacial score (nSPS) is 15.7. The molecule has 0 unspecified atom stereocenters. The van der Waals surface area contributed by atoms with Crippen LogP contribution in [-0.4, -0.2) is 31.2 Å². The first-order valence-electron chi connectivity index (χ1n) is 9.41. The van der Waals surface area contributed by atoms with Crippen LogP contribution in [0.2, 0.25) is 0 Å². The van der Waals surface area contributed by atoms with Crippen molar-refractivity contribution in [1.82, 2.24) is 0 Å². The van der Waals surface area contributed by atoms with Crippen LogP contribution < -0.4 is 0 Å². The zero-order valence-electron chi connectivity index (χ0n) is 16.2. The highest BCUT2D eigenvalue weighted by atomic mass is 31.2. The summed E-state index contributed by atoms with van der Waals surface area (Å²) in [6.07, 6.45) is -10.8. The lowest BCUT2D eigenvalue weighted by Crippen LogP contribution is -2.34. The molecule has 0 heterocycles. The molecule has 2 atom stereocenters. The Morgan fingerprint density at radius 3 is 1.30 bits per heavy atom. The lowest BCUT2D eigenvalue weighted by molar-refractivity contribution is -0.212. The molecule has 0 aliphatic rings. The predicted octanol–water partition coefficient (Wildman–Crippen LogP) is 7.65. The Morgan fingerprint density at radius 1 is 0.704 bits per heavy atom. The van der Waals surface area contributed by atoms with Gasteiger partial charge < -0.3 is 0 Å². The number of hydrogen-bond acceptors (Lipinski definition) is 3. The largest absolute Gasteiger partial charge is 0.415 e. The van der Waals surface area contributed by atoms with E-state index in [0.717, 1.165) is 25.7 Å². The highest BCUT2D eigenvalue weighted by molar-refractivity contribution is 7.53. The standard InChI is InChI=1S/C17H31F6O3P/c1-4-6-8-10-12-14(16(18,19)20)25-27(3,24)26-15(17(21,22)23)13-11-9-7-5-2/h14-15H,4-13H2,1-3H3/t14-,15-/m0/s1. The van der Waals surface area contributed by atoms with Crippen LogP contribution in [0, 0.1) is 0 Å². The maximum absolute atomic E-state index is 13.1. The SMILES string of the molecule is CCCCCC[C@H](OP(C)(=O)O[C@@H](CCCCCC)C(F)(F)F)C(F)(F)F. The molecule has 0 aromatic carbocycles. The first-order valence-corrected chi connectivity index (χ1v) is 11.4. The van der Waals surface area contributed by atoms with Gasteiger partial charge in [0.25, 0.3) is 0 Å². The quantitative estimate of drug-likeness (QED) is 0.162. The average Bonchev–Trinajstić information content (AvgIpc) is 2.51. The third-order valence-corrected chi connectivity index (χ3v) is 5.28. The maximum Gasteiger partial charge on any atom is 0.415 e. The Hall–Kier alpha value is -0.270. The van der Waals surface area contributed by atoms with E-state index in [2.05, 4.69) is 9.05 Å². The molecule has 0 fully saturated rings. The van der Waals surface area contributed by atoms with E-state index >= 15 is 0 Å². The van der Waals surface area contributed by atoms with Gasteiger partial charge in [0, 0.05) is 6.66 Å². The summed E-state index contributed by atoms with van der Waals surface area (Å²) in [6, 6.07) is 0. The molecular weight excluding hydrogens is 397 g/mol. The monoisotopic (exact) mass is 428 g/mol. The van der Waals surface area contributed by atoms with Crippen LogP contribution in [-0.2, 0) is 13.6 Å². The molecule has 0 saturated heterocycles. The van der Waals surface area contributed by atoms with Gasteiger partial charge in [0.2, 0.25) is 0 Å². The van der Waals surface area contributed by atoms with E-state index in [9.17, 15) is 30.9 Å². The minimum absolute atomic E-state index is 0.178. The summed E-state index contributed by atoms with van der Waals surface area (Å²) in [5, 5.41) is 0. The summed E-state index contributed by atoms with van der Waals surface area (Å²) in [5.74, 6) is 0. The molecule has 0 rings (SSSR count). The molecule has 0 saturated carbocycles. The first-order chi connectivity index (χ1) is 12.3. The zero-order chi connectivity index (χ0) is 21.1. The molecule has 3 nitrogen and oxygen atoms in total. The second-order valence-electron chi connectivity index (χ2n) is 6.74. The fourth-order valence-corrected chi connectivity index (χ4v) is 3.98. The third-order valence-electron chi connectivity index (χ3n) is 4.01. The van der Waals surface area contributed by atoms with Crippen LogP contribution in [0.4, 0.5) is 26.3 Å². The van der Waals surface area contributed by atoms with Gasteiger partial charge in [0.1, 0.15) is 0 Å². The second kappa shape index (κ2) is 12.3. The Labute approximate surface area is 157 Å². The van der Waals surface area contributed by atoms with Gasteiger partial charge in [0.05, 0.1) is 0 Å². The van der Waals surface area contributed by atoms with Crippen molar-refractivity contribution in [2.45, 2.75) is 103 Å². The van der Waals surface area contributed by atoms with Gasteiger partial charge in [-0.1, -0.05) is 65.2 Å². The third kappa shape index (κ3) is 12.7. The molecule has 0 aromatic rings. The Bertz CT molecular complexity index is 403. The molecule has 0 bridgehead atoms. The molecule has 164 valence electrons. The van der Waals surface area contributed by atoms with Crippen LogP contribution in [0.25, 0.3) is 0 Å². The summed E-state index contributed by atoms with van der Waals surface area (Å²) in [7, 11) is -4.55. The lowest BCUT2D eigenvalue weighted by atomic mass is 10.1. The summed E-state index contributed by atoms with van der Waals surface area (Å²) in [6.45, 7) is 4.45. The summed E-state index contributed by atoms with van der Waals surface area (Å²) >= 11 is 0. The van der Waals surface area contributed by atoms with Gasteiger partial charge in [-0.15, -0.1) is 0 Å². The molecule has 0 N–H and O–H groups in total. The van der Waals surface area contributed by atoms with E-state index in [1.54, 1.807) is 0 Å². The van der Waals surface area contributed by atoms with Crippen molar-refractivity contribution < 1.29 is 40.0 Å². The molecule has 10 heteroatoms. The van der Waals surface area contributed by atoms with Crippen molar-refractivity contribution in [2.24, 2.45) is 0 Å². The highest BCUT2D eigenvalue weighted by Gasteiger charge is 2.47. The van der Waals surface area contributed by atoms with Crippen LogP contribution in [0.1, 0.15) is 78.1 Å². The second-order valence-corrected chi connectivity index (χ2v) is 8.71. The summed E-state index contributed by atoms with van der Waals surface area (Å²) in [4.78, 5) is 0. The molecule has 0 aliphatic carbocycles. The van der Waals surface area contributed by atoms with Gasteiger partial charge in [-0.05, 0) is 12.8 Å². The highest BCUT2D eigenvalue weighted by Crippen LogP contribution is 2.52. The minimum atomic E-state index is -4.82. The van der Waals surface area contributed by atoms with Crippen molar-refractivity contribution in [2.75, 3.05) is 6.66 Å². The van der Waals surface area contributed by atoms with Crippen LogP contribution in [0.5, 0.6) is 0 Å². The van der Waals surface area contributed by atoms with E-state index in [1.165, 1.54) is 0 Å². The van der Waals surface area contributed by atoms with E-state index < -0.39 is 45.0 Å². The number of rotatable bonds is 14. The summed E-state index contributed by atoms with van der Waals surface area (Å²) in [5.41, 5.74) is 0. The molecule has 27 heavy (non-hydrogen) atoms. The predicted molar refractivity (Wildman–Crippen MR) is 92.9 cm³/mol. The molecule has 0 aromatic heterocycles. The average molecular weight is 428 g/mol. The fraction of sp³-hybridized carbons (Fsp3) is 1.00. The molecule has 0 radical (unpaired) electrons.